The molecule has 104 valence electrons. The van der Waals surface area contributed by atoms with Crippen molar-refractivity contribution in [1.29, 1.82) is 0 Å². The maximum absolute atomic E-state index is 11.5. The molecule has 5 heteroatoms. The molecule has 1 aromatic heterocycles. The highest BCUT2D eigenvalue weighted by atomic mass is 16.1. The fourth-order valence-electron chi connectivity index (χ4n) is 2.41. The van der Waals surface area contributed by atoms with E-state index in [9.17, 15) is 4.79 Å². The summed E-state index contributed by atoms with van der Waals surface area (Å²) in [6, 6.07) is 5.82. The van der Waals surface area contributed by atoms with Crippen molar-refractivity contribution in [2.45, 2.75) is 32.6 Å². The molecule has 3 rings (SSSR count). The van der Waals surface area contributed by atoms with E-state index in [4.69, 9.17) is 5.73 Å². The third kappa shape index (κ3) is 2.15. The topological polar surface area (TPSA) is 72.9 Å². The fourth-order valence-corrected chi connectivity index (χ4v) is 2.41. The number of anilines is 2. The zero-order valence-electron chi connectivity index (χ0n) is 11.7. The number of fused-ring (bicyclic) bond motifs is 1. The molecule has 0 saturated heterocycles. The molecule has 0 spiro atoms. The third-order valence-corrected chi connectivity index (χ3v) is 3.60. The van der Waals surface area contributed by atoms with Crippen LogP contribution in [0.5, 0.6) is 0 Å². The van der Waals surface area contributed by atoms with Gasteiger partial charge in [-0.15, -0.1) is 0 Å². The average molecular weight is 270 g/mol. The van der Waals surface area contributed by atoms with Crippen LogP contribution in [0.2, 0.25) is 0 Å². The van der Waals surface area contributed by atoms with E-state index in [2.05, 4.69) is 24.3 Å². The van der Waals surface area contributed by atoms with Crippen molar-refractivity contribution in [2.24, 2.45) is 0 Å². The van der Waals surface area contributed by atoms with Gasteiger partial charge in [0.2, 0.25) is 5.91 Å². The number of nitrogen functional groups attached to an aromatic ring is 1. The number of aryl methyl sites for hydroxylation is 1. The lowest BCUT2D eigenvalue weighted by molar-refractivity contribution is -0.116. The first-order valence-electron chi connectivity index (χ1n) is 6.83. The largest absolute Gasteiger partial charge is 0.397 e. The van der Waals surface area contributed by atoms with Gasteiger partial charge in [0, 0.05) is 18.3 Å². The first-order chi connectivity index (χ1) is 9.54. The first-order valence-corrected chi connectivity index (χ1v) is 6.83. The molecule has 2 aromatic rings. The van der Waals surface area contributed by atoms with Crippen molar-refractivity contribution in [3.63, 3.8) is 0 Å². The number of nitrogens with zero attached hydrogens (tertiary/aromatic N) is 2. The average Bonchev–Trinajstić information content (AvgIpc) is 2.88. The van der Waals surface area contributed by atoms with Crippen molar-refractivity contribution >= 4 is 17.3 Å². The zero-order chi connectivity index (χ0) is 14.3. The molecule has 1 aromatic carbocycles. The van der Waals surface area contributed by atoms with E-state index in [1.807, 2.05) is 24.4 Å². The lowest BCUT2D eigenvalue weighted by Gasteiger charge is -2.19. The smallest absolute Gasteiger partial charge is 0.224 e. The summed E-state index contributed by atoms with van der Waals surface area (Å²) in [6.07, 6.45) is 3.16. The van der Waals surface area contributed by atoms with Crippen molar-refractivity contribution in [3.8, 4) is 5.69 Å². The van der Waals surface area contributed by atoms with Crippen LogP contribution in [0.3, 0.4) is 0 Å². The SMILES string of the molecule is CC(C)c1ccn(-c2cc3c(cc2N)CCC(=O)N3)n1. The van der Waals surface area contributed by atoms with Gasteiger partial charge in [0.05, 0.1) is 17.1 Å². The summed E-state index contributed by atoms with van der Waals surface area (Å²) >= 11 is 0. The Morgan fingerprint density at radius 3 is 2.85 bits per heavy atom. The summed E-state index contributed by atoms with van der Waals surface area (Å²) < 4.78 is 1.77. The second-order valence-corrected chi connectivity index (χ2v) is 5.46. The molecule has 0 saturated carbocycles. The van der Waals surface area contributed by atoms with Gasteiger partial charge in [0.25, 0.3) is 0 Å². The monoisotopic (exact) mass is 270 g/mol. The molecule has 2 heterocycles. The Morgan fingerprint density at radius 2 is 2.15 bits per heavy atom. The van der Waals surface area contributed by atoms with Gasteiger partial charge in [-0.1, -0.05) is 13.8 Å². The van der Waals surface area contributed by atoms with Gasteiger partial charge in [-0.05, 0) is 36.1 Å². The number of nitrogens with one attached hydrogen (secondary N) is 1. The summed E-state index contributed by atoms with van der Waals surface area (Å²) in [6.45, 7) is 4.20. The summed E-state index contributed by atoms with van der Waals surface area (Å²) in [5, 5.41) is 7.42. The predicted octanol–water partition coefficient (Wildman–Crippen LogP) is 2.46. The molecule has 0 atom stereocenters. The highest BCUT2D eigenvalue weighted by Gasteiger charge is 2.17. The molecule has 5 nitrogen and oxygen atoms in total. The van der Waals surface area contributed by atoms with Crippen molar-refractivity contribution in [2.75, 3.05) is 11.1 Å². The Hall–Kier alpha value is -2.30. The highest BCUT2D eigenvalue weighted by Crippen LogP contribution is 2.30. The number of rotatable bonds is 2. The molecule has 0 radical (unpaired) electrons. The summed E-state index contributed by atoms with van der Waals surface area (Å²) in [5.41, 5.74) is 10.6. The van der Waals surface area contributed by atoms with Gasteiger partial charge >= 0.3 is 0 Å². The van der Waals surface area contributed by atoms with Gasteiger partial charge in [-0.3, -0.25) is 4.79 Å². The number of benzene rings is 1. The normalized spacial score (nSPS) is 14.2. The molecular formula is C15H18N4O. The van der Waals surface area contributed by atoms with Crippen molar-refractivity contribution in [3.05, 3.63) is 35.7 Å². The fraction of sp³-hybridized carbons (Fsp3) is 0.333. The van der Waals surface area contributed by atoms with Crippen LogP contribution in [0.4, 0.5) is 11.4 Å². The quantitative estimate of drug-likeness (QED) is 0.823. The number of amides is 1. The third-order valence-electron chi connectivity index (χ3n) is 3.60. The molecule has 1 amide bonds. The Kier molecular flexibility index (Phi) is 2.97. The molecule has 0 bridgehead atoms. The molecule has 3 N–H and O–H groups in total. The zero-order valence-corrected chi connectivity index (χ0v) is 11.7. The van der Waals surface area contributed by atoms with Crippen LogP contribution in [0.25, 0.3) is 5.69 Å². The second kappa shape index (κ2) is 4.67. The maximum atomic E-state index is 11.5. The minimum Gasteiger partial charge on any atom is -0.397 e. The lowest BCUT2D eigenvalue weighted by atomic mass is 10.0. The van der Waals surface area contributed by atoms with Crippen LogP contribution < -0.4 is 11.1 Å². The van der Waals surface area contributed by atoms with Crippen LogP contribution in [0, 0.1) is 0 Å². The van der Waals surface area contributed by atoms with E-state index in [0.717, 1.165) is 29.1 Å². The number of carbonyl (C=O) groups excluding carboxylic acids is 1. The number of hydrogen-bond donors (Lipinski definition) is 2. The van der Waals surface area contributed by atoms with E-state index in [0.29, 0.717) is 18.0 Å². The Balaban J connectivity index is 2.04. The summed E-state index contributed by atoms with van der Waals surface area (Å²) in [4.78, 5) is 11.5. The molecule has 1 aliphatic rings. The van der Waals surface area contributed by atoms with Crippen LogP contribution in [-0.2, 0) is 11.2 Å². The van der Waals surface area contributed by atoms with E-state index in [1.54, 1.807) is 4.68 Å². The molecule has 1 aliphatic heterocycles. The summed E-state index contributed by atoms with van der Waals surface area (Å²) in [5.74, 6) is 0.423. The Morgan fingerprint density at radius 1 is 1.35 bits per heavy atom. The number of nitrogens with two attached hydrogens (primary N) is 1. The number of hydrogen-bond acceptors (Lipinski definition) is 3. The van der Waals surface area contributed by atoms with Crippen LogP contribution in [0.1, 0.15) is 37.4 Å². The highest BCUT2D eigenvalue weighted by molar-refractivity contribution is 5.95. The van der Waals surface area contributed by atoms with E-state index in [1.165, 1.54) is 0 Å². The van der Waals surface area contributed by atoms with Gasteiger partial charge < -0.3 is 11.1 Å². The predicted molar refractivity (Wildman–Crippen MR) is 79.0 cm³/mol. The first kappa shape index (κ1) is 12.7. The van der Waals surface area contributed by atoms with Gasteiger partial charge in [0.1, 0.15) is 0 Å². The minimum atomic E-state index is 0.0524. The van der Waals surface area contributed by atoms with Crippen LogP contribution >= 0.6 is 0 Å². The number of aromatic nitrogens is 2. The molecule has 20 heavy (non-hydrogen) atoms. The molecule has 0 aliphatic carbocycles. The minimum absolute atomic E-state index is 0.0524. The van der Waals surface area contributed by atoms with Gasteiger partial charge in [-0.2, -0.15) is 5.10 Å². The van der Waals surface area contributed by atoms with Crippen molar-refractivity contribution in [1.82, 2.24) is 9.78 Å². The van der Waals surface area contributed by atoms with Crippen LogP contribution in [0.15, 0.2) is 24.4 Å². The maximum Gasteiger partial charge on any atom is 0.224 e. The Labute approximate surface area is 117 Å². The summed E-state index contributed by atoms with van der Waals surface area (Å²) in [7, 11) is 0. The standard InChI is InChI=1S/C15H18N4O/c1-9(2)12-5-6-19(18-12)14-8-13-10(7-11(14)16)3-4-15(20)17-13/h5-9H,3-4,16H2,1-2H3,(H,17,20). The van der Waals surface area contributed by atoms with E-state index < -0.39 is 0 Å². The van der Waals surface area contributed by atoms with Crippen LogP contribution in [-0.4, -0.2) is 15.7 Å². The van der Waals surface area contributed by atoms with E-state index in [-0.39, 0.29) is 5.91 Å². The molecular weight excluding hydrogens is 252 g/mol. The van der Waals surface area contributed by atoms with E-state index >= 15 is 0 Å². The second-order valence-electron chi connectivity index (χ2n) is 5.46. The molecule has 0 unspecified atom stereocenters. The van der Waals surface area contributed by atoms with Gasteiger partial charge in [0.15, 0.2) is 0 Å². The lowest BCUT2D eigenvalue weighted by Crippen LogP contribution is -2.19. The number of carbonyl (C=O) groups is 1. The van der Waals surface area contributed by atoms with Crippen molar-refractivity contribution < 1.29 is 4.79 Å². The van der Waals surface area contributed by atoms with Gasteiger partial charge in [-0.25, -0.2) is 4.68 Å². The Bertz CT molecular complexity index is 673. The molecule has 0 fully saturated rings.